The van der Waals surface area contributed by atoms with Crippen molar-refractivity contribution in [1.82, 2.24) is 15.5 Å². The molecule has 136 valence electrons. The van der Waals surface area contributed by atoms with Crippen molar-refractivity contribution in [2.75, 3.05) is 6.54 Å². The molecule has 0 aliphatic heterocycles. The maximum Gasteiger partial charge on any atom is 0.315 e. The van der Waals surface area contributed by atoms with Gasteiger partial charge >= 0.3 is 6.03 Å². The Morgan fingerprint density at radius 3 is 2.56 bits per heavy atom. The van der Waals surface area contributed by atoms with Crippen molar-refractivity contribution in [3.63, 3.8) is 0 Å². The Balaban J connectivity index is 1.48. The van der Waals surface area contributed by atoms with Crippen LogP contribution in [0.4, 0.5) is 4.79 Å². The number of aryl methyl sites for hydroxylation is 1. The van der Waals surface area contributed by atoms with Gasteiger partial charge in [-0.05, 0) is 38.2 Å². The molecule has 2 saturated carbocycles. The lowest BCUT2D eigenvalue weighted by Crippen LogP contribution is -2.47. The number of nitrogens with one attached hydrogen (secondary N) is 2. The number of amides is 3. The fourth-order valence-corrected chi connectivity index (χ4v) is 3.56. The Labute approximate surface area is 150 Å². The molecule has 0 spiro atoms. The maximum absolute atomic E-state index is 12.6. The molecule has 3 amide bonds. The van der Waals surface area contributed by atoms with Gasteiger partial charge in [0.15, 0.2) is 0 Å². The lowest BCUT2D eigenvalue weighted by Gasteiger charge is -2.25. The summed E-state index contributed by atoms with van der Waals surface area (Å²) in [6.45, 7) is 2.75. The summed E-state index contributed by atoms with van der Waals surface area (Å²) in [5.41, 5.74) is 2.34. The molecule has 2 aliphatic carbocycles. The van der Waals surface area contributed by atoms with E-state index in [0.29, 0.717) is 12.6 Å². The minimum absolute atomic E-state index is 0.00259. The molecule has 3 rings (SSSR count). The fraction of sp³-hybridized carbons (Fsp3) is 0.600. The molecule has 0 saturated heterocycles. The first kappa shape index (κ1) is 17.8. The summed E-state index contributed by atoms with van der Waals surface area (Å²) in [7, 11) is 0. The number of hydrogen-bond acceptors (Lipinski definition) is 2. The molecule has 5 heteroatoms. The van der Waals surface area contributed by atoms with E-state index in [1.165, 1.54) is 24.8 Å². The van der Waals surface area contributed by atoms with Crippen molar-refractivity contribution < 1.29 is 9.59 Å². The van der Waals surface area contributed by atoms with Crippen molar-refractivity contribution in [3.8, 4) is 0 Å². The first-order chi connectivity index (χ1) is 12.1. The molecule has 5 nitrogen and oxygen atoms in total. The molecule has 25 heavy (non-hydrogen) atoms. The molecule has 2 fully saturated rings. The van der Waals surface area contributed by atoms with Crippen molar-refractivity contribution in [3.05, 3.63) is 35.4 Å². The van der Waals surface area contributed by atoms with Gasteiger partial charge in [0, 0.05) is 18.6 Å². The molecule has 0 heterocycles. The molecular weight excluding hydrogens is 314 g/mol. The third kappa shape index (κ3) is 5.48. The van der Waals surface area contributed by atoms with E-state index in [1.54, 1.807) is 0 Å². The van der Waals surface area contributed by atoms with Gasteiger partial charge in [0.1, 0.15) is 0 Å². The summed E-state index contributed by atoms with van der Waals surface area (Å²) in [4.78, 5) is 26.5. The number of carbonyl (C=O) groups excluding carboxylic acids is 2. The van der Waals surface area contributed by atoms with Crippen LogP contribution in [0, 0.1) is 6.92 Å². The molecule has 1 aromatic carbocycles. The van der Waals surface area contributed by atoms with E-state index in [9.17, 15) is 9.59 Å². The van der Waals surface area contributed by atoms with Gasteiger partial charge < -0.3 is 15.5 Å². The van der Waals surface area contributed by atoms with Gasteiger partial charge in [0.2, 0.25) is 5.91 Å². The summed E-state index contributed by atoms with van der Waals surface area (Å²) in [5, 5.41) is 5.74. The number of nitrogens with zero attached hydrogens (tertiary/aromatic N) is 1. The van der Waals surface area contributed by atoms with Crippen LogP contribution in [0.1, 0.15) is 56.1 Å². The predicted molar refractivity (Wildman–Crippen MR) is 98.2 cm³/mol. The normalized spacial score (nSPS) is 17.8. The minimum Gasteiger partial charge on any atom is -0.335 e. The molecule has 1 aromatic rings. The summed E-state index contributed by atoms with van der Waals surface area (Å²) < 4.78 is 0. The Morgan fingerprint density at radius 2 is 1.88 bits per heavy atom. The van der Waals surface area contributed by atoms with Gasteiger partial charge in [-0.1, -0.05) is 49.1 Å². The van der Waals surface area contributed by atoms with Crippen LogP contribution in [0.5, 0.6) is 0 Å². The highest BCUT2D eigenvalue weighted by Crippen LogP contribution is 2.28. The highest BCUT2D eigenvalue weighted by Gasteiger charge is 2.32. The second kappa shape index (κ2) is 8.37. The van der Waals surface area contributed by atoms with Crippen LogP contribution in [-0.2, 0) is 11.3 Å². The topological polar surface area (TPSA) is 61.4 Å². The van der Waals surface area contributed by atoms with Crippen molar-refractivity contribution in [2.45, 2.75) is 70.5 Å². The average molecular weight is 343 g/mol. The zero-order chi connectivity index (χ0) is 17.6. The zero-order valence-corrected chi connectivity index (χ0v) is 15.1. The molecule has 0 bridgehead atoms. The second-order valence-corrected chi connectivity index (χ2v) is 7.40. The lowest BCUT2D eigenvalue weighted by molar-refractivity contribution is -0.131. The Morgan fingerprint density at radius 1 is 1.12 bits per heavy atom. The van der Waals surface area contributed by atoms with E-state index < -0.39 is 0 Å². The van der Waals surface area contributed by atoms with Crippen molar-refractivity contribution in [2.24, 2.45) is 0 Å². The molecule has 0 aromatic heterocycles. The number of rotatable bonds is 6. The van der Waals surface area contributed by atoms with Crippen LogP contribution in [0.3, 0.4) is 0 Å². The monoisotopic (exact) mass is 343 g/mol. The van der Waals surface area contributed by atoms with Crippen LogP contribution in [0.15, 0.2) is 24.3 Å². The van der Waals surface area contributed by atoms with E-state index in [4.69, 9.17) is 0 Å². The first-order valence-electron chi connectivity index (χ1n) is 9.51. The van der Waals surface area contributed by atoms with E-state index in [2.05, 4.69) is 35.8 Å². The summed E-state index contributed by atoms with van der Waals surface area (Å²) >= 11 is 0. The summed E-state index contributed by atoms with van der Waals surface area (Å²) in [6.07, 6.45) is 7.82. The average Bonchev–Trinajstić information content (AvgIpc) is 3.43. The number of hydrogen-bond donors (Lipinski definition) is 2. The third-order valence-electron chi connectivity index (χ3n) is 5.08. The third-order valence-corrected chi connectivity index (χ3v) is 5.08. The molecule has 0 atom stereocenters. The van der Waals surface area contributed by atoms with Crippen LogP contribution in [0.2, 0.25) is 0 Å². The van der Waals surface area contributed by atoms with Crippen molar-refractivity contribution >= 4 is 11.9 Å². The molecular formula is C20H29N3O2. The lowest BCUT2D eigenvalue weighted by atomic mass is 9.96. The molecule has 0 unspecified atom stereocenters. The van der Waals surface area contributed by atoms with Crippen LogP contribution in [0.25, 0.3) is 0 Å². The maximum atomic E-state index is 12.6. The van der Waals surface area contributed by atoms with Gasteiger partial charge in [0.05, 0.1) is 6.54 Å². The standard InChI is InChI=1S/C20H29N3O2/c1-15-6-5-7-16(12-15)14-23(18-10-11-18)19(24)13-21-20(25)22-17-8-3-2-4-9-17/h5-7,12,17-18H,2-4,8-11,13-14H2,1H3,(H2,21,22,25). The minimum atomic E-state index is -0.216. The Bertz CT molecular complexity index is 607. The van der Waals surface area contributed by atoms with E-state index >= 15 is 0 Å². The molecule has 2 N–H and O–H groups in total. The molecule has 2 aliphatic rings. The predicted octanol–water partition coefficient (Wildman–Crippen LogP) is 3.12. The van der Waals surface area contributed by atoms with Crippen LogP contribution in [-0.4, -0.2) is 35.5 Å². The summed E-state index contributed by atoms with van der Waals surface area (Å²) in [5.74, 6) is 0.00259. The van der Waals surface area contributed by atoms with Gasteiger partial charge in [-0.3, -0.25) is 4.79 Å². The fourth-order valence-electron chi connectivity index (χ4n) is 3.56. The van der Waals surface area contributed by atoms with Gasteiger partial charge in [-0.25, -0.2) is 4.79 Å². The highest BCUT2D eigenvalue weighted by atomic mass is 16.2. The second-order valence-electron chi connectivity index (χ2n) is 7.40. The Kier molecular flexibility index (Phi) is 5.95. The van der Waals surface area contributed by atoms with Crippen LogP contribution < -0.4 is 10.6 Å². The van der Waals surface area contributed by atoms with E-state index in [-0.39, 0.29) is 24.5 Å². The van der Waals surface area contributed by atoms with Crippen LogP contribution >= 0.6 is 0 Å². The SMILES string of the molecule is Cc1cccc(CN(C(=O)CNC(=O)NC2CCCCC2)C2CC2)c1. The van der Waals surface area contributed by atoms with E-state index in [1.807, 2.05) is 11.0 Å². The zero-order valence-electron chi connectivity index (χ0n) is 15.1. The highest BCUT2D eigenvalue weighted by molar-refractivity contribution is 5.84. The summed E-state index contributed by atoms with van der Waals surface area (Å²) in [6, 6.07) is 8.63. The van der Waals surface area contributed by atoms with Gasteiger partial charge in [0.25, 0.3) is 0 Å². The smallest absolute Gasteiger partial charge is 0.315 e. The van der Waals surface area contributed by atoms with Gasteiger partial charge in [-0.2, -0.15) is 0 Å². The molecule has 0 radical (unpaired) electrons. The largest absolute Gasteiger partial charge is 0.335 e. The quantitative estimate of drug-likeness (QED) is 0.834. The number of carbonyl (C=O) groups is 2. The number of benzene rings is 1. The Hall–Kier alpha value is -2.04. The first-order valence-corrected chi connectivity index (χ1v) is 9.51. The van der Waals surface area contributed by atoms with Gasteiger partial charge in [-0.15, -0.1) is 0 Å². The van der Waals surface area contributed by atoms with Crippen molar-refractivity contribution in [1.29, 1.82) is 0 Å². The van der Waals surface area contributed by atoms with E-state index in [0.717, 1.165) is 31.2 Å². The number of urea groups is 1.